The SMILES string of the molecule is COC(=O)C(=O)N(C)CC(F)F. The van der Waals surface area contributed by atoms with Crippen molar-refractivity contribution in [1.29, 1.82) is 0 Å². The van der Waals surface area contributed by atoms with Crippen LogP contribution in [0.25, 0.3) is 0 Å². The molecule has 0 atom stereocenters. The fourth-order valence-electron chi connectivity index (χ4n) is 0.533. The molecule has 0 bridgehead atoms. The lowest BCUT2D eigenvalue weighted by molar-refractivity contribution is -0.158. The molecule has 0 unspecified atom stereocenters. The van der Waals surface area contributed by atoms with Crippen LogP contribution in [0.5, 0.6) is 0 Å². The normalized spacial score (nSPS) is 9.75. The van der Waals surface area contributed by atoms with Gasteiger partial charge in [-0.25, -0.2) is 13.6 Å². The number of nitrogens with zero attached hydrogens (tertiary/aromatic N) is 1. The van der Waals surface area contributed by atoms with Gasteiger partial charge in [0.2, 0.25) is 0 Å². The highest BCUT2D eigenvalue weighted by atomic mass is 19.3. The van der Waals surface area contributed by atoms with Crippen molar-refractivity contribution in [2.75, 3.05) is 20.7 Å². The van der Waals surface area contributed by atoms with E-state index in [1.807, 2.05) is 0 Å². The summed E-state index contributed by atoms with van der Waals surface area (Å²) >= 11 is 0. The zero-order valence-electron chi connectivity index (χ0n) is 6.71. The molecule has 70 valence electrons. The van der Waals surface area contributed by atoms with Crippen molar-refractivity contribution in [3.05, 3.63) is 0 Å². The predicted molar refractivity (Wildman–Crippen MR) is 35.7 cm³/mol. The number of halogens is 2. The van der Waals surface area contributed by atoms with Gasteiger partial charge in [0.25, 0.3) is 6.43 Å². The van der Waals surface area contributed by atoms with Gasteiger partial charge in [-0.1, -0.05) is 0 Å². The number of alkyl halides is 2. The van der Waals surface area contributed by atoms with Gasteiger partial charge < -0.3 is 9.64 Å². The quantitative estimate of drug-likeness (QED) is 0.441. The number of carbonyl (C=O) groups is 2. The molecule has 0 N–H and O–H groups in total. The molecule has 0 rings (SSSR count). The Kier molecular flexibility index (Phi) is 4.17. The predicted octanol–water partition coefficient (Wildman–Crippen LogP) is -0.117. The number of carbonyl (C=O) groups excluding carboxylic acids is 2. The average Bonchev–Trinajstić information content (AvgIpc) is 2.00. The van der Waals surface area contributed by atoms with E-state index < -0.39 is 24.8 Å². The van der Waals surface area contributed by atoms with Gasteiger partial charge in [-0.2, -0.15) is 0 Å². The van der Waals surface area contributed by atoms with Crippen molar-refractivity contribution in [2.45, 2.75) is 6.43 Å². The zero-order valence-corrected chi connectivity index (χ0v) is 6.71. The van der Waals surface area contributed by atoms with E-state index in [4.69, 9.17) is 0 Å². The smallest absolute Gasteiger partial charge is 0.396 e. The summed E-state index contributed by atoms with van der Waals surface area (Å²) in [6.45, 7) is -0.770. The third kappa shape index (κ3) is 3.27. The van der Waals surface area contributed by atoms with Crippen molar-refractivity contribution < 1.29 is 23.1 Å². The van der Waals surface area contributed by atoms with Crippen molar-refractivity contribution in [2.24, 2.45) is 0 Å². The fourth-order valence-corrected chi connectivity index (χ4v) is 0.533. The Morgan fingerprint density at radius 2 is 2.00 bits per heavy atom. The molecule has 0 aliphatic heterocycles. The van der Waals surface area contributed by atoms with Crippen LogP contribution < -0.4 is 0 Å². The van der Waals surface area contributed by atoms with E-state index in [2.05, 4.69) is 4.74 Å². The Morgan fingerprint density at radius 1 is 1.50 bits per heavy atom. The largest absolute Gasteiger partial charge is 0.462 e. The minimum absolute atomic E-state index is 0.608. The Bertz CT molecular complexity index is 184. The molecule has 0 radical (unpaired) electrons. The van der Waals surface area contributed by atoms with E-state index in [-0.39, 0.29) is 0 Å². The van der Waals surface area contributed by atoms with Crippen molar-refractivity contribution >= 4 is 11.9 Å². The van der Waals surface area contributed by atoms with Gasteiger partial charge in [0.05, 0.1) is 13.7 Å². The van der Waals surface area contributed by atoms with Gasteiger partial charge in [-0.15, -0.1) is 0 Å². The molecule has 0 aromatic heterocycles. The molecule has 0 aromatic rings. The van der Waals surface area contributed by atoms with Crippen LogP contribution in [0.15, 0.2) is 0 Å². The minimum atomic E-state index is -2.65. The number of ether oxygens (including phenoxy) is 1. The lowest BCUT2D eigenvalue weighted by Crippen LogP contribution is -2.37. The van der Waals surface area contributed by atoms with Crippen LogP contribution in [0.2, 0.25) is 0 Å². The van der Waals surface area contributed by atoms with Crippen LogP contribution >= 0.6 is 0 Å². The second-order valence-electron chi connectivity index (χ2n) is 2.07. The third-order valence-corrected chi connectivity index (χ3v) is 1.12. The highest BCUT2D eigenvalue weighted by Crippen LogP contribution is 1.96. The molecule has 0 fully saturated rings. The Hall–Kier alpha value is -1.20. The minimum Gasteiger partial charge on any atom is -0.462 e. The van der Waals surface area contributed by atoms with Crippen LogP contribution in [0.1, 0.15) is 0 Å². The first-order chi connectivity index (χ1) is 5.49. The summed E-state index contributed by atoms with van der Waals surface area (Å²) in [5.41, 5.74) is 0. The Morgan fingerprint density at radius 3 is 2.33 bits per heavy atom. The lowest BCUT2D eigenvalue weighted by Gasteiger charge is -2.13. The molecule has 1 amide bonds. The average molecular weight is 181 g/mol. The summed E-state index contributed by atoms with van der Waals surface area (Å²) in [6, 6.07) is 0. The van der Waals surface area contributed by atoms with Gasteiger partial charge in [-0.3, -0.25) is 4.79 Å². The summed E-state index contributed by atoms with van der Waals surface area (Å²) in [6.07, 6.45) is -2.65. The van der Waals surface area contributed by atoms with Crippen molar-refractivity contribution in [3.8, 4) is 0 Å². The van der Waals surface area contributed by atoms with Crippen molar-refractivity contribution in [3.63, 3.8) is 0 Å². The first kappa shape index (κ1) is 10.8. The summed E-state index contributed by atoms with van der Waals surface area (Å²) in [7, 11) is 2.11. The van der Waals surface area contributed by atoms with Gasteiger partial charge in [0, 0.05) is 7.05 Å². The molecule has 6 heteroatoms. The maximum absolute atomic E-state index is 11.7. The second-order valence-corrected chi connectivity index (χ2v) is 2.07. The fraction of sp³-hybridized carbons (Fsp3) is 0.667. The molecule has 0 spiro atoms. The molecule has 12 heavy (non-hydrogen) atoms. The summed E-state index contributed by atoms with van der Waals surface area (Å²) < 4.78 is 27.4. The number of methoxy groups -OCH3 is 1. The lowest BCUT2D eigenvalue weighted by atomic mass is 10.5. The van der Waals surface area contributed by atoms with E-state index in [1.165, 1.54) is 0 Å². The first-order valence-corrected chi connectivity index (χ1v) is 3.10. The van der Waals surface area contributed by atoms with Gasteiger partial charge >= 0.3 is 11.9 Å². The summed E-state index contributed by atoms with van der Waals surface area (Å²) in [5.74, 6) is -2.21. The number of amides is 1. The van der Waals surface area contributed by atoms with E-state index in [0.717, 1.165) is 14.2 Å². The van der Waals surface area contributed by atoms with E-state index in [0.29, 0.717) is 4.90 Å². The molecule has 0 aliphatic carbocycles. The molecule has 0 heterocycles. The monoisotopic (exact) mass is 181 g/mol. The molecular formula is C6H9F2NO3. The van der Waals surface area contributed by atoms with Crippen LogP contribution in [0, 0.1) is 0 Å². The maximum atomic E-state index is 11.7. The number of hydrogen-bond donors (Lipinski definition) is 0. The van der Waals surface area contributed by atoms with Crippen LogP contribution in [0.3, 0.4) is 0 Å². The maximum Gasteiger partial charge on any atom is 0.396 e. The Labute approximate surface area is 68.1 Å². The number of hydrogen-bond acceptors (Lipinski definition) is 3. The van der Waals surface area contributed by atoms with E-state index in [9.17, 15) is 18.4 Å². The number of rotatable bonds is 2. The second kappa shape index (κ2) is 4.63. The highest BCUT2D eigenvalue weighted by Gasteiger charge is 2.21. The Balaban J connectivity index is 4.01. The molecule has 0 aliphatic rings. The molecule has 0 aromatic carbocycles. The van der Waals surface area contributed by atoms with Gasteiger partial charge in [0.15, 0.2) is 0 Å². The van der Waals surface area contributed by atoms with Crippen LogP contribution in [-0.4, -0.2) is 43.9 Å². The molecule has 0 saturated carbocycles. The highest BCUT2D eigenvalue weighted by molar-refractivity contribution is 6.32. The molecular weight excluding hydrogens is 172 g/mol. The molecule has 0 saturated heterocycles. The van der Waals surface area contributed by atoms with Crippen LogP contribution in [0.4, 0.5) is 8.78 Å². The summed E-state index contributed by atoms with van der Waals surface area (Å²) in [5, 5.41) is 0. The molecule has 4 nitrogen and oxygen atoms in total. The van der Waals surface area contributed by atoms with E-state index >= 15 is 0 Å². The standard InChI is InChI=1S/C6H9F2NO3/c1-9(3-4(7)8)5(10)6(11)12-2/h4H,3H2,1-2H3. The number of esters is 1. The zero-order chi connectivity index (χ0) is 9.72. The van der Waals surface area contributed by atoms with E-state index in [1.54, 1.807) is 0 Å². The van der Waals surface area contributed by atoms with Gasteiger partial charge in [0.1, 0.15) is 0 Å². The van der Waals surface area contributed by atoms with Crippen LogP contribution in [-0.2, 0) is 14.3 Å². The summed E-state index contributed by atoms with van der Waals surface area (Å²) in [4.78, 5) is 21.8. The van der Waals surface area contributed by atoms with Crippen molar-refractivity contribution in [1.82, 2.24) is 4.90 Å². The van der Waals surface area contributed by atoms with Gasteiger partial charge in [-0.05, 0) is 0 Å². The third-order valence-electron chi connectivity index (χ3n) is 1.12. The topological polar surface area (TPSA) is 46.6 Å². The number of likely N-dealkylation sites (N-methyl/N-ethyl adjacent to an activating group) is 1. The first-order valence-electron chi connectivity index (χ1n) is 3.10.